The second-order valence-corrected chi connectivity index (χ2v) is 4.69. The first-order valence-corrected chi connectivity index (χ1v) is 5.80. The Labute approximate surface area is 106 Å². The molecule has 0 spiro atoms. The van der Waals surface area contributed by atoms with Gasteiger partial charge < -0.3 is 5.73 Å². The average molecular weight is 260 g/mol. The van der Waals surface area contributed by atoms with E-state index in [9.17, 15) is 13.2 Å². The molecule has 0 radical (unpaired) electrons. The minimum Gasteiger partial charge on any atom is -0.326 e. The Morgan fingerprint density at radius 1 is 1.28 bits per heavy atom. The molecule has 2 nitrogen and oxygen atoms in total. The van der Waals surface area contributed by atoms with Gasteiger partial charge in [-0.25, -0.2) is 0 Å². The Morgan fingerprint density at radius 3 is 2.28 bits per heavy atom. The molecule has 2 atom stereocenters. The molecule has 0 aliphatic heterocycles. The van der Waals surface area contributed by atoms with Gasteiger partial charge in [-0.05, 0) is 32.0 Å². The van der Waals surface area contributed by atoms with E-state index in [2.05, 4.69) is 0 Å². The molecule has 2 N–H and O–H groups in total. The van der Waals surface area contributed by atoms with Crippen molar-refractivity contribution in [3.05, 3.63) is 35.4 Å². The number of benzene rings is 1. The molecule has 1 rings (SSSR count). The van der Waals surface area contributed by atoms with Gasteiger partial charge in [-0.2, -0.15) is 13.2 Å². The van der Waals surface area contributed by atoms with Crippen LogP contribution >= 0.6 is 0 Å². The van der Waals surface area contributed by atoms with E-state index in [0.717, 1.165) is 11.1 Å². The Balaban J connectivity index is 3.00. The van der Waals surface area contributed by atoms with Crippen molar-refractivity contribution < 1.29 is 13.2 Å². The molecule has 0 saturated carbocycles. The number of likely N-dealkylation sites (N-methyl/N-ethyl adjacent to an activating group) is 1. The fraction of sp³-hybridized carbons (Fsp3) is 0.538. The molecular weight excluding hydrogens is 241 g/mol. The summed E-state index contributed by atoms with van der Waals surface area (Å²) in [4.78, 5) is 1.26. The quantitative estimate of drug-likeness (QED) is 0.902. The largest absolute Gasteiger partial charge is 0.401 e. The van der Waals surface area contributed by atoms with Crippen LogP contribution in [0.25, 0.3) is 0 Å². The van der Waals surface area contributed by atoms with Gasteiger partial charge in [0.2, 0.25) is 0 Å². The zero-order valence-corrected chi connectivity index (χ0v) is 10.8. The lowest BCUT2D eigenvalue weighted by Gasteiger charge is -2.33. The first kappa shape index (κ1) is 15.0. The van der Waals surface area contributed by atoms with Gasteiger partial charge in [0.15, 0.2) is 0 Å². The van der Waals surface area contributed by atoms with Crippen molar-refractivity contribution in [2.45, 2.75) is 32.1 Å². The zero-order valence-electron chi connectivity index (χ0n) is 10.8. The molecule has 0 heterocycles. The van der Waals surface area contributed by atoms with E-state index in [4.69, 9.17) is 5.73 Å². The minimum absolute atomic E-state index is 0.376. The minimum atomic E-state index is -4.22. The molecule has 1 aromatic carbocycles. The fourth-order valence-corrected chi connectivity index (χ4v) is 2.22. The molecule has 0 aliphatic carbocycles. The highest BCUT2D eigenvalue weighted by Gasteiger charge is 2.33. The molecular formula is C13H19F3N2. The average Bonchev–Trinajstić information content (AvgIpc) is 2.17. The lowest BCUT2D eigenvalue weighted by Crippen LogP contribution is -2.42. The number of aryl methyl sites for hydroxylation is 1. The SMILES string of the molecule is Cc1ccccc1C(C(C)N)N(C)CC(F)(F)F. The van der Waals surface area contributed by atoms with E-state index in [1.807, 2.05) is 31.2 Å². The third-order valence-corrected chi connectivity index (χ3v) is 2.91. The summed E-state index contributed by atoms with van der Waals surface area (Å²) in [6.45, 7) is 2.64. The van der Waals surface area contributed by atoms with Crippen LogP contribution in [0.1, 0.15) is 24.1 Å². The third-order valence-electron chi connectivity index (χ3n) is 2.91. The van der Waals surface area contributed by atoms with Crippen LogP contribution in [0.2, 0.25) is 0 Å². The van der Waals surface area contributed by atoms with Gasteiger partial charge in [-0.3, -0.25) is 4.90 Å². The van der Waals surface area contributed by atoms with Gasteiger partial charge in [0.25, 0.3) is 0 Å². The van der Waals surface area contributed by atoms with Crippen LogP contribution in [0.4, 0.5) is 13.2 Å². The van der Waals surface area contributed by atoms with E-state index in [1.54, 1.807) is 6.92 Å². The molecule has 0 fully saturated rings. The highest BCUT2D eigenvalue weighted by Crippen LogP contribution is 2.28. The summed E-state index contributed by atoms with van der Waals surface area (Å²) >= 11 is 0. The maximum Gasteiger partial charge on any atom is 0.401 e. The van der Waals surface area contributed by atoms with Crippen molar-refractivity contribution in [1.29, 1.82) is 0 Å². The van der Waals surface area contributed by atoms with Crippen LogP contribution in [0.5, 0.6) is 0 Å². The Kier molecular flexibility index (Phi) is 4.76. The van der Waals surface area contributed by atoms with E-state index >= 15 is 0 Å². The van der Waals surface area contributed by atoms with Crippen LogP contribution in [0.15, 0.2) is 24.3 Å². The molecule has 0 aromatic heterocycles. The number of nitrogens with zero attached hydrogens (tertiary/aromatic N) is 1. The summed E-state index contributed by atoms with van der Waals surface area (Å²) < 4.78 is 37.4. The molecule has 5 heteroatoms. The van der Waals surface area contributed by atoms with Crippen LogP contribution in [0, 0.1) is 6.92 Å². The third kappa shape index (κ3) is 3.99. The van der Waals surface area contributed by atoms with E-state index < -0.39 is 18.8 Å². The number of rotatable bonds is 4. The zero-order chi connectivity index (χ0) is 13.9. The smallest absolute Gasteiger partial charge is 0.326 e. The Bertz CT molecular complexity index is 388. The lowest BCUT2D eigenvalue weighted by molar-refractivity contribution is -0.148. The van der Waals surface area contributed by atoms with Crippen molar-refractivity contribution in [2.75, 3.05) is 13.6 Å². The molecule has 0 amide bonds. The first-order valence-electron chi connectivity index (χ1n) is 5.80. The van der Waals surface area contributed by atoms with E-state index in [-0.39, 0.29) is 6.04 Å². The molecule has 0 aliphatic rings. The summed E-state index contributed by atoms with van der Waals surface area (Å²) in [5, 5.41) is 0. The highest BCUT2D eigenvalue weighted by molar-refractivity contribution is 5.29. The molecule has 18 heavy (non-hydrogen) atoms. The second-order valence-electron chi connectivity index (χ2n) is 4.69. The topological polar surface area (TPSA) is 29.3 Å². The van der Waals surface area contributed by atoms with Gasteiger partial charge >= 0.3 is 6.18 Å². The molecule has 102 valence electrons. The summed E-state index contributed by atoms with van der Waals surface area (Å²) in [6.07, 6.45) is -4.22. The predicted molar refractivity (Wildman–Crippen MR) is 66.3 cm³/mol. The molecule has 0 bridgehead atoms. The number of hydrogen-bond acceptors (Lipinski definition) is 2. The highest BCUT2D eigenvalue weighted by atomic mass is 19.4. The maximum absolute atomic E-state index is 12.5. The van der Waals surface area contributed by atoms with Crippen molar-refractivity contribution in [1.82, 2.24) is 4.90 Å². The molecule has 0 saturated heterocycles. The monoisotopic (exact) mass is 260 g/mol. The summed E-state index contributed by atoms with van der Waals surface area (Å²) in [5.74, 6) is 0. The van der Waals surface area contributed by atoms with Crippen LogP contribution in [0.3, 0.4) is 0 Å². The molecule has 1 aromatic rings. The van der Waals surface area contributed by atoms with Gasteiger partial charge in [0.1, 0.15) is 0 Å². The summed E-state index contributed by atoms with van der Waals surface area (Å²) in [5.41, 5.74) is 7.65. The number of halogens is 3. The lowest BCUT2D eigenvalue weighted by atomic mass is 9.95. The van der Waals surface area contributed by atoms with Gasteiger partial charge in [-0.15, -0.1) is 0 Å². The number of alkyl halides is 3. The fourth-order valence-electron chi connectivity index (χ4n) is 2.22. The van der Waals surface area contributed by atoms with E-state index in [1.165, 1.54) is 11.9 Å². The van der Waals surface area contributed by atoms with Gasteiger partial charge in [-0.1, -0.05) is 24.3 Å². The van der Waals surface area contributed by atoms with E-state index in [0.29, 0.717) is 0 Å². The first-order chi connectivity index (χ1) is 8.22. The summed E-state index contributed by atoms with van der Waals surface area (Å²) in [7, 11) is 1.45. The Morgan fingerprint density at radius 2 is 1.83 bits per heavy atom. The number of hydrogen-bond donors (Lipinski definition) is 1. The van der Waals surface area contributed by atoms with Crippen molar-refractivity contribution in [2.24, 2.45) is 5.73 Å². The summed E-state index contributed by atoms with van der Waals surface area (Å²) in [6, 6.07) is 6.58. The standard InChI is InChI=1S/C13H19F3N2/c1-9-6-4-5-7-11(9)12(10(2)17)18(3)8-13(14,15)16/h4-7,10,12H,8,17H2,1-3H3. The van der Waals surface area contributed by atoms with Crippen LogP contribution in [-0.4, -0.2) is 30.7 Å². The van der Waals surface area contributed by atoms with Crippen LogP contribution in [-0.2, 0) is 0 Å². The van der Waals surface area contributed by atoms with Crippen LogP contribution < -0.4 is 5.73 Å². The normalized spacial score (nSPS) is 15.8. The van der Waals surface area contributed by atoms with Crippen molar-refractivity contribution in [3.63, 3.8) is 0 Å². The Hall–Kier alpha value is -1.07. The second kappa shape index (κ2) is 5.71. The number of nitrogens with two attached hydrogens (primary N) is 1. The van der Waals surface area contributed by atoms with Crippen molar-refractivity contribution >= 4 is 0 Å². The van der Waals surface area contributed by atoms with Gasteiger partial charge in [0.05, 0.1) is 6.54 Å². The predicted octanol–water partition coefficient (Wildman–Crippen LogP) is 2.88. The maximum atomic E-state index is 12.5. The van der Waals surface area contributed by atoms with Gasteiger partial charge in [0, 0.05) is 12.1 Å². The molecule has 2 unspecified atom stereocenters. The van der Waals surface area contributed by atoms with Crippen molar-refractivity contribution in [3.8, 4) is 0 Å².